The molecule has 1 heterocycles. The Labute approximate surface area is 103 Å². The second kappa shape index (κ2) is 7.49. The SMILES string of the molecule is CCCCCCN1C[C@H](Cl)C(O)CC1CO. The molecule has 0 radical (unpaired) electrons. The Morgan fingerprint density at radius 2 is 2.06 bits per heavy atom. The van der Waals surface area contributed by atoms with Gasteiger partial charge in [-0.3, -0.25) is 4.90 Å². The first kappa shape index (κ1) is 14.2. The summed E-state index contributed by atoms with van der Waals surface area (Å²) in [6, 6.07) is 0.0895. The smallest absolute Gasteiger partial charge is 0.0732 e. The van der Waals surface area contributed by atoms with Gasteiger partial charge in [-0.1, -0.05) is 26.2 Å². The van der Waals surface area contributed by atoms with Crippen molar-refractivity contribution in [1.29, 1.82) is 0 Å². The molecule has 3 nitrogen and oxygen atoms in total. The number of alkyl halides is 1. The molecule has 1 aliphatic rings. The number of nitrogens with zero attached hydrogens (tertiary/aromatic N) is 1. The minimum atomic E-state index is -0.467. The van der Waals surface area contributed by atoms with E-state index < -0.39 is 6.10 Å². The highest BCUT2D eigenvalue weighted by Gasteiger charge is 2.32. The van der Waals surface area contributed by atoms with Crippen molar-refractivity contribution in [3.8, 4) is 0 Å². The van der Waals surface area contributed by atoms with Crippen LogP contribution in [0.25, 0.3) is 0 Å². The predicted molar refractivity (Wildman–Crippen MR) is 66.9 cm³/mol. The first-order valence-corrected chi connectivity index (χ1v) is 6.79. The van der Waals surface area contributed by atoms with E-state index in [0.29, 0.717) is 13.0 Å². The zero-order valence-corrected chi connectivity index (χ0v) is 10.9. The molecule has 0 aromatic rings. The van der Waals surface area contributed by atoms with Gasteiger partial charge in [0.2, 0.25) is 0 Å². The second-order valence-corrected chi connectivity index (χ2v) is 5.27. The van der Waals surface area contributed by atoms with Crippen molar-refractivity contribution in [2.24, 2.45) is 0 Å². The molecule has 0 spiro atoms. The number of unbranched alkanes of at least 4 members (excludes halogenated alkanes) is 3. The van der Waals surface area contributed by atoms with Crippen molar-refractivity contribution < 1.29 is 10.2 Å². The Bertz CT molecular complexity index is 192. The molecular formula is C12H24ClNO2. The topological polar surface area (TPSA) is 43.7 Å². The van der Waals surface area contributed by atoms with E-state index >= 15 is 0 Å². The standard InChI is InChI=1S/C12H24ClNO2/c1-2-3-4-5-6-14-8-11(13)12(16)7-10(14)9-15/h10-12,15-16H,2-9H2,1H3/t10?,11-,12?/m0/s1. The van der Waals surface area contributed by atoms with Crippen molar-refractivity contribution in [3.05, 3.63) is 0 Å². The number of likely N-dealkylation sites (tertiary alicyclic amines) is 1. The molecule has 0 saturated carbocycles. The molecular weight excluding hydrogens is 226 g/mol. The average Bonchev–Trinajstić information content (AvgIpc) is 2.28. The zero-order chi connectivity index (χ0) is 12.0. The maximum atomic E-state index is 9.64. The highest BCUT2D eigenvalue weighted by atomic mass is 35.5. The summed E-state index contributed by atoms with van der Waals surface area (Å²) >= 11 is 6.05. The fourth-order valence-corrected chi connectivity index (χ4v) is 2.56. The van der Waals surface area contributed by atoms with Crippen LogP contribution in [0.3, 0.4) is 0 Å². The highest BCUT2D eigenvalue weighted by Crippen LogP contribution is 2.22. The van der Waals surface area contributed by atoms with E-state index in [1.54, 1.807) is 0 Å². The molecule has 1 rings (SSSR count). The molecule has 96 valence electrons. The molecule has 1 fully saturated rings. The molecule has 0 aromatic heterocycles. The van der Waals surface area contributed by atoms with Gasteiger partial charge in [0.25, 0.3) is 0 Å². The number of hydrogen-bond acceptors (Lipinski definition) is 3. The number of aliphatic hydroxyl groups is 2. The molecule has 4 heteroatoms. The van der Waals surface area contributed by atoms with Gasteiger partial charge in [0, 0.05) is 12.6 Å². The second-order valence-electron chi connectivity index (χ2n) is 4.71. The third-order valence-corrected chi connectivity index (χ3v) is 3.79. The van der Waals surface area contributed by atoms with Crippen LogP contribution in [0.5, 0.6) is 0 Å². The first-order chi connectivity index (χ1) is 7.69. The summed E-state index contributed by atoms with van der Waals surface area (Å²) in [5.41, 5.74) is 0. The van der Waals surface area contributed by atoms with Gasteiger partial charge in [-0.25, -0.2) is 0 Å². The van der Waals surface area contributed by atoms with Gasteiger partial charge in [0.1, 0.15) is 0 Å². The summed E-state index contributed by atoms with van der Waals surface area (Å²) in [5.74, 6) is 0. The van der Waals surface area contributed by atoms with Crippen LogP contribution in [-0.4, -0.2) is 52.3 Å². The molecule has 1 aliphatic heterocycles. The van der Waals surface area contributed by atoms with Crippen molar-refractivity contribution in [1.82, 2.24) is 4.90 Å². The van der Waals surface area contributed by atoms with E-state index in [2.05, 4.69) is 11.8 Å². The predicted octanol–water partition coefficient (Wildman–Crippen LogP) is 1.60. The summed E-state index contributed by atoms with van der Waals surface area (Å²) in [4.78, 5) is 2.22. The lowest BCUT2D eigenvalue weighted by Gasteiger charge is -2.39. The van der Waals surface area contributed by atoms with E-state index in [1.165, 1.54) is 19.3 Å². The molecule has 0 bridgehead atoms. The Morgan fingerprint density at radius 3 is 2.69 bits per heavy atom. The molecule has 2 unspecified atom stereocenters. The van der Waals surface area contributed by atoms with Crippen LogP contribution in [0.4, 0.5) is 0 Å². The summed E-state index contributed by atoms with van der Waals surface area (Å²) in [6.07, 6.45) is 5.03. The highest BCUT2D eigenvalue weighted by molar-refractivity contribution is 6.21. The van der Waals surface area contributed by atoms with Crippen LogP contribution in [0.15, 0.2) is 0 Å². The van der Waals surface area contributed by atoms with Crippen molar-refractivity contribution in [2.45, 2.75) is 56.6 Å². The van der Waals surface area contributed by atoms with E-state index in [9.17, 15) is 10.2 Å². The summed E-state index contributed by atoms with van der Waals surface area (Å²) in [6.45, 7) is 4.00. The number of halogens is 1. The van der Waals surface area contributed by atoms with Crippen LogP contribution < -0.4 is 0 Å². The van der Waals surface area contributed by atoms with E-state index in [1.807, 2.05) is 0 Å². The summed E-state index contributed by atoms with van der Waals surface area (Å²) in [5, 5.41) is 18.7. The quantitative estimate of drug-likeness (QED) is 0.555. The summed E-state index contributed by atoms with van der Waals surface area (Å²) in [7, 11) is 0. The fourth-order valence-electron chi connectivity index (χ4n) is 2.28. The van der Waals surface area contributed by atoms with Gasteiger partial charge in [-0.2, -0.15) is 0 Å². The van der Waals surface area contributed by atoms with E-state index in [4.69, 9.17) is 11.6 Å². The van der Waals surface area contributed by atoms with Crippen LogP contribution in [0, 0.1) is 0 Å². The maximum Gasteiger partial charge on any atom is 0.0732 e. The Morgan fingerprint density at radius 1 is 1.31 bits per heavy atom. The fraction of sp³-hybridized carbons (Fsp3) is 1.00. The third-order valence-electron chi connectivity index (χ3n) is 3.37. The van der Waals surface area contributed by atoms with Gasteiger partial charge in [-0.05, 0) is 19.4 Å². The Kier molecular flexibility index (Phi) is 6.66. The Hall–Kier alpha value is 0.170. The molecule has 16 heavy (non-hydrogen) atoms. The van der Waals surface area contributed by atoms with Crippen LogP contribution >= 0.6 is 11.6 Å². The number of hydrogen-bond donors (Lipinski definition) is 2. The monoisotopic (exact) mass is 249 g/mol. The minimum absolute atomic E-state index is 0.0895. The Balaban J connectivity index is 2.31. The number of rotatable bonds is 6. The minimum Gasteiger partial charge on any atom is -0.395 e. The van der Waals surface area contributed by atoms with Crippen molar-refractivity contribution in [2.75, 3.05) is 19.7 Å². The lowest BCUT2D eigenvalue weighted by atomic mass is 9.99. The van der Waals surface area contributed by atoms with Crippen LogP contribution in [0.1, 0.15) is 39.0 Å². The van der Waals surface area contributed by atoms with Gasteiger partial charge >= 0.3 is 0 Å². The third kappa shape index (κ3) is 4.21. The van der Waals surface area contributed by atoms with Gasteiger partial charge < -0.3 is 10.2 Å². The average molecular weight is 250 g/mol. The van der Waals surface area contributed by atoms with Crippen LogP contribution in [0.2, 0.25) is 0 Å². The lowest BCUT2D eigenvalue weighted by molar-refractivity contribution is 0.0195. The molecule has 0 aliphatic carbocycles. The molecule has 3 atom stereocenters. The zero-order valence-electron chi connectivity index (χ0n) is 10.1. The van der Waals surface area contributed by atoms with Crippen molar-refractivity contribution >= 4 is 11.6 Å². The first-order valence-electron chi connectivity index (χ1n) is 6.36. The van der Waals surface area contributed by atoms with Gasteiger partial charge in [0.05, 0.1) is 18.1 Å². The molecule has 1 saturated heterocycles. The lowest BCUT2D eigenvalue weighted by Crippen LogP contribution is -2.52. The molecule has 0 amide bonds. The summed E-state index contributed by atoms with van der Waals surface area (Å²) < 4.78 is 0. The van der Waals surface area contributed by atoms with Crippen molar-refractivity contribution in [3.63, 3.8) is 0 Å². The maximum absolute atomic E-state index is 9.64. The molecule has 2 N–H and O–H groups in total. The normalized spacial score (nSPS) is 31.9. The van der Waals surface area contributed by atoms with Gasteiger partial charge in [-0.15, -0.1) is 11.6 Å². The van der Waals surface area contributed by atoms with E-state index in [-0.39, 0.29) is 18.0 Å². The van der Waals surface area contributed by atoms with E-state index in [0.717, 1.165) is 13.0 Å². The number of aliphatic hydroxyl groups excluding tert-OH is 2. The van der Waals surface area contributed by atoms with Crippen LogP contribution in [-0.2, 0) is 0 Å². The van der Waals surface area contributed by atoms with Gasteiger partial charge in [0.15, 0.2) is 0 Å². The largest absolute Gasteiger partial charge is 0.395 e. The molecule has 0 aromatic carbocycles. The number of piperidine rings is 1.